The maximum atomic E-state index is 10.6. The quantitative estimate of drug-likeness (QED) is 0.836. The summed E-state index contributed by atoms with van der Waals surface area (Å²) in [7, 11) is 0. The molecule has 0 saturated carbocycles. The van der Waals surface area contributed by atoms with Gasteiger partial charge in [0.2, 0.25) is 5.91 Å². The molecule has 0 bridgehead atoms. The van der Waals surface area contributed by atoms with Gasteiger partial charge in [0, 0.05) is 22.5 Å². The molecule has 0 heterocycles. The first-order valence-corrected chi connectivity index (χ1v) is 4.75. The standard InChI is InChI=1S/C9H10Cl2N2O/c10-5-1-2-7(11)6(3-5)8(12)4-9(13)14/h1-3,8H,4,12H2,(H2,13,14)/t8-/m0/s1. The molecule has 1 aromatic carbocycles. The second-order valence-corrected chi connectivity index (χ2v) is 3.79. The average Bonchev–Trinajstić information content (AvgIpc) is 2.08. The van der Waals surface area contributed by atoms with Gasteiger partial charge in [0.25, 0.3) is 0 Å². The van der Waals surface area contributed by atoms with E-state index in [1.165, 1.54) is 0 Å². The third kappa shape index (κ3) is 2.87. The number of amides is 1. The number of carbonyl (C=O) groups excluding carboxylic acids is 1. The zero-order valence-electron chi connectivity index (χ0n) is 7.34. The molecule has 0 unspecified atom stereocenters. The number of carbonyl (C=O) groups is 1. The fourth-order valence-electron chi connectivity index (χ4n) is 1.13. The summed E-state index contributed by atoms with van der Waals surface area (Å²) in [6.45, 7) is 0. The summed E-state index contributed by atoms with van der Waals surface area (Å²) in [5.41, 5.74) is 11.4. The lowest BCUT2D eigenvalue weighted by molar-refractivity contribution is -0.118. The van der Waals surface area contributed by atoms with Crippen LogP contribution in [0.3, 0.4) is 0 Å². The molecule has 4 N–H and O–H groups in total. The zero-order valence-corrected chi connectivity index (χ0v) is 8.85. The highest BCUT2D eigenvalue weighted by molar-refractivity contribution is 6.33. The summed E-state index contributed by atoms with van der Waals surface area (Å²) < 4.78 is 0. The maximum absolute atomic E-state index is 10.6. The summed E-state index contributed by atoms with van der Waals surface area (Å²) >= 11 is 11.7. The third-order valence-corrected chi connectivity index (χ3v) is 2.36. The Hall–Kier alpha value is -0.770. The molecule has 1 amide bonds. The predicted molar refractivity (Wildman–Crippen MR) is 57.2 cm³/mol. The zero-order chi connectivity index (χ0) is 10.7. The largest absolute Gasteiger partial charge is 0.370 e. The fourth-order valence-corrected chi connectivity index (χ4v) is 1.56. The van der Waals surface area contributed by atoms with Gasteiger partial charge in [-0.2, -0.15) is 0 Å². The van der Waals surface area contributed by atoms with Crippen LogP contribution >= 0.6 is 23.2 Å². The van der Waals surface area contributed by atoms with Crippen molar-refractivity contribution < 1.29 is 4.79 Å². The minimum Gasteiger partial charge on any atom is -0.370 e. The van der Waals surface area contributed by atoms with Crippen LogP contribution in [0.25, 0.3) is 0 Å². The molecular formula is C9H10Cl2N2O. The van der Waals surface area contributed by atoms with Crippen LogP contribution < -0.4 is 11.5 Å². The van der Waals surface area contributed by atoms with Crippen molar-refractivity contribution in [2.45, 2.75) is 12.5 Å². The van der Waals surface area contributed by atoms with Gasteiger partial charge in [-0.25, -0.2) is 0 Å². The summed E-state index contributed by atoms with van der Waals surface area (Å²) in [5.74, 6) is -0.464. The van der Waals surface area contributed by atoms with Gasteiger partial charge in [0.15, 0.2) is 0 Å². The van der Waals surface area contributed by atoms with Crippen LogP contribution in [0.15, 0.2) is 18.2 Å². The molecule has 0 aliphatic heterocycles. The second-order valence-electron chi connectivity index (χ2n) is 2.94. The third-order valence-electron chi connectivity index (χ3n) is 1.78. The Morgan fingerprint density at radius 2 is 2.07 bits per heavy atom. The van der Waals surface area contributed by atoms with Crippen molar-refractivity contribution in [3.8, 4) is 0 Å². The van der Waals surface area contributed by atoms with Gasteiger partial charge in [0.1, 0.15) is 0 Å². The molecule has 0 saturated heterocycles. The van der Waals surface area contributed by atoms with Crippen LogP contribution in [-0.4, -0.2) is 5.91 Å². The molecular weight excluding hydrogens is 223 g/mol. The number of nitrogens with two attached hydrogens (primary N) is 2. The van der Waals surface area contributed by atoms with E-state index in [2.05, 4.69) is 0 Å². The molecule has 0 aromatic heterocycles. The summed E-state index contributed by atoms with van der Waals surface area (Å²) in [4.78, 5) is 10.6. The molecule has 0 fully saturated rings. The Morgan fingerprint density at radius 1 is 1.43 bits per heavy atom. The molecule has 3 nitrogen and oxygen atoms in total. The second kappa shape index (κ2) is 4.64. The molecule has 1 atom stereocenters. The maximum Gasteiger partial charge on any atom is 0.219 e. The normalized spacial score (nSPS) is 12.5. The Kier molecular flexibility index (Phi) is 3.75. The Morgan fingerprint density at radius 3 is 2.64 bits per heavy atom. The van der Waals surface area contributed by atoms with Crippen molar-refractivity contribution in [3.63, 3.8) is 0 Å². The van der Waals surface area contributed by atoms with E-state index >= 15 is 0 Å². The number of halogens is 2. The highest BCUT2D eigenvalue weighted by Gasteiger charge is 2.12. The van der Waals surface area contributed by atoms with Gasteiger partial charge in [-0.05, 0) is 23.8 Å². The van der Waals surface area contributed by atoms with E-state index in [1.807, 2.05) is 0 Å². The first kappa shape index (κ1) is 11.3. The molecule has 0 aliphatic rings. The summed E-state index contributed by atoms with van der Waals surface area (Å²) in [6.07, 6.45) is 0.0556. The van der Waals surface area contributed by atoms with Crippen LogP contribution in [0, 0.1) is 0 Å². The lowest BCUT2D eigenvalue weighted by Crippen LogP contribution is -2.20. The Labute approximate surface area is 92.0 Å². The highest BCUT2D eigenvalue weighted by Crippen LogP contribution is 2.26. The van der Waals surface area contributed by atoms with E-state index in [9.17, 15) is 4.79 Å². The Bertz CT molecular complexity index is 355. The SMILES string of the molecule is NC(=O)C[C@H](N)c1cc(Cl)ccc1Cl. The first-order valence-electron chi connectivity index (χ1n) is 3.99. The van der Waals surface area contributed by atoms with Crippen molar-refractivity contribution in [2.24, 2.45) is 11.5 Å². The fraction of sp³-hybridized carbons (Fsp3) is 0.222. The van der Waals surface area contributed by atoms with Crippen LogP contribution in [-0.2, 0) is 4.79 Å². The minimum atomic E-state index is -0.501. The van der Waals surface area contributed by atoms with Crippen LogP contribution in [0.4, 0.5) is 0 Å². The minimum absolute atomic E-state index is 0.0556. The molecule has 14 heavy (non-hydrogen) atoms. The molecule has 1 aromatic rings. The van der Waals surface area contributed by atoms with Crippen molar-refractivity contribution in [1.82, 2.24) is 0 Å². The molecule has 0 radical (unpaired) electrons. The number of rotatable bonds is 3. The van der Waals surface area contributed by atoms with Gasteiger partial charge in [-0.3, -0.25) is 4.79 Å². The van der Waals surface area contributed by atoms with E-state index in [0.717, 1.165) is 0 Å². The topological polar surface area (TPSA) is 69.1 Å². The van der Waals surface area contributed by atoms with Crippen molar-refractivity contribution in [2.75, 3.05) is 0 Å². The molecule has 1 rings (SSSR count). The van der Waals surface area contributed by atoms with E-state index < -0.39 is 11.9 Å². The Balaban J connectivity index is 2.93. The van der Waals surface area contributed by atoms with Crippen molar-refractivity contribution in [3.05, 3.63) is 33.8 Å². The van der Waals surface area contributed by atoms with Gasteiger partial charge in [0.05, 0.1) is 0 Å². The van der Waals surface area contributed by atoms with Crippen molar-refractivity contribution >= 4 is 29.1 Å². The van der Waals surface area contributed by atoms with E-state index in [4.69, 9.17) is 34.7 Å². The lowest BCUT2D eigenvalue weighted by Gasteiger charge is -2.11. The number of primary amides is 1. The molecule has 0 aliphatic carbocycles. The molecule has 76 valence electrons. The summed E-state index contributed by atoms with van der Waals surface area (Å²) in [5, 5.41) is 1.02. The average molecular weight is 233 g/mol. The van der Waals surface area contributed by atoms with Gasteiger partial charge >= 0.3 is 0 Å². The van der Waals surface area contributed by atoms with Gasteiger partial charge in [-0.15, -0.1) is 0 Å². The molecule has 0 spiro atoms. The van der Waals surface area contributed by atoms with Crippen molar-refractivity contribution in [1.29, 1.82) is 0 Å². The van der Waals surface area contributed by atoms with Crippen LogP contribution in [0.5, 0.6) is 0 Å². The number of hydrogen-bond acceptors (Lipinski definition) is 2. The van der Waals surface area contributed by atoms with Gasteiger partial charge in [-0.1, -0.05) is 23.2 Å². The lowest BCUT2D eigenvalue weighted by atomic mass is 10.0. The van der Waals surface area contributed by atoms with Gasteiger partial charge < -0.3 is 11.5 Å². The van der Waals surface area contributed by atoms with Crippen LogP contribution in [0.1, 0.15) is 18.0 Å². The van der Waals surface area contributed by atoms with E-state index in [-0.39, 0.29) is 6.42 Å². The predicted octanol–water partition coefficient (Wildman–Crippen LogP) is 1.87. The monoisotopic (exact) mass is 232 g/mol. The van der Waals surface area contributed by atoms with E-state index in [0.29, 0.717) is 15.6 Å². The number of hydrogen-bond donors (Lipinski definition) is 2. The summed E-state index contributed by atoms with van der Waals surface area (Å²) in [6, 6.07) is 4.43. The first-order chi connectivity index (χ1) is 6.50. The smallest absolute Gasteiger partial charge is 0.219 e. The van der Waals surface area contributed by atoms with E-state index in [1.54, 1.807) is 18.2 Å². The number of benzene rings is 1. The van der Waals surface area contributed by atoms with Crippen LogP contribution in [0.2, 0.25) is 10.0 Å². The highest BCUT2D eigenvalue weighted by atomic mass is 35.5. The molecule has 5 heteroatoms.